The number of hydrogen-bond acceptors (Lipinski definition) is 5. The number of thiophene rings is 1. The third kappa shape index (κ3) is 5.85. The third-order valence-corrected chi connectivity index (χ3v) is 9.60. The fraction of sp³-hybridized carbons (Fsp3) is 0.424. The van der Waals surface area contributed by atoms with Crippen molar-refractivity contribution in [1.29, 1.82) is 0 Å². The van der Waals surface area contributed by atoms with Crippen LogP contribution in [0.15, 0.2) is 48.5 Å². The number of carboxylic acid groups (broad SMARTS) is 1. The third-order valence-electron chi connectivity index (χ3n) is 8.53. The van der Waals surface area contributed by atoms with Crippen LogP contribution < -0.4 is 5.32 Å². The molecule has 1 spiro atoms. The molecule has 7 heteroatoms. The van der Waals surface area contributed by atoms with E-state index in [1.807, 2.05) is 19.1 Å². The van der Waals surface area contributed by atoms with Crippen LogP contribution in [0.25, 0.3) is 11.1 Å². The van der Waals surface area contributed by atoms with Crippen LogP contribution in [-0.2, 0) is 16.0 Å². The second-order valence-corrected chi connectivity index (χ2v) is 13.0. The largest absolute Gasteiger partial charge is 0.481 e. The highest BCUT2D eigenvalue weighted by molar-refractivity contribution is 7.12. The lowest BCUT2D eigenvalue weighted by atomic mass is 9.50. The molecule has 2 aliphatic rings. The molecule has 1 heterocycles. The number of rotatable bonds is 10. The molecule has 1 aromatic heterocycles. The maximum Gasteiger partial charge on any atom is 0.338 e. The van der Waals surface area contributed by atoms with Gasteiger partial charge in [-0.2, -0.15) is 0 Å². The molecule has 0 atom stereocenters. The Balaban J connectivity index is 1.20. The summed E-state index contributed by atoms with van der Waals surface area (Å²) in [5.74, 6) is -1.22. The summed E-state index contributed by atoms with van der Waals surface area (Å²) < 4.78 is 5.30. The van der Waals surface area contributed by atoms with Gasteiger partial charge in [0.15, 0.2) is 0 Å². The second-order valence-electron chi connectivity index (χ2n) is 11.5. The number of esters is 1. The summed E-state index contributed by atoms with van der Waals surface area (Å²) in [4.78, 5) is 38.9. The number of benzene rings is 2. The maximum atomic E-state index is 13.3. The molecule has 40 heavy (non-hydrogen) atoms. The van der Waals surface area contributed by atoms with Gasteiger partial charge in [0.1, 0.15) is 0 Å². The summed E-state index contributed by atoms with van der Waals surface area (Å²) >= 11 is 1.66. The lowest BCUT2D eigenvalue weighted by molar-refractivity contribution is -0.155. The minimum absolute atomic E-state index is 0.0178. The van der Waals surface area contributed by atoms with Gasteiger partial charge in [-0.15, -0.1) is 11.3 Å². The van der Waals surface area contributed by atoms with Crippen LogP contribution in [0.1, 0.15) is 87.0 Å². The molecule has 2 N–H and O–H groups in total. The highest BCUT2D eigenvalue weighted by Gasteiger charge is 2.55. The molecule has 2 fully saturated rings. The maximum absolute atomic E-state index is 13.3. The van der Waals surface area contributed by atoms with Crippen LogP contribution in [-0.4, -0.2) is 35.6 Å². The molecular weight excluding hydrogens is 522 g/mol. The average Bonchev–Trinajstić information content (AvgIpc) is 3.17. The van der Waals surface area contributed by atoms with Crippen molar-refractivity contribution in [1.82, 2.24) is 5.32 Å². The Morgan fingerprint density at radius 2 is 1.57 bits per heavy atom. The number of hydrogen-bond donors (Lipinski definition) is 2. The van der Waals surface area contributed by atoms with Gasteiger partial charge >= 0.3 is 11.9 Å². The number of unbranched alkanes of at least 4 members (excludes halogenated alkanes) is 1. The number of aryl methyl sites for hydroxylation is 2. The van der Waals surface area contributed by atoms with E-state index in [0.717, 1.165) is 76.1 Å². The molecule has 0 aliphatic heterocycles. The van der Waals surface area contributed by atoms with Crippen LogP contribution in [0, 0.1) is 25.2 Å². The first-order valence-corrected chi connectivity index (χ1v) is 15.0. The molecule has 0 bridgehead atoms. The van der Waals surface area contributed by atoms with Gasteiger partial charge in [-0.05, 0) is 92.2 Å². The Hall–Kier alpha value is -3.45. The van der Waals surface area contributed by atoms with E-state index in [1.165, 1.54) is 0 Å². The zero-order valence-corrected chi connectivity index (χ0v) is 24.2. The number of carbonyl (C=O) groups excluding carboxylic acids is 2. The number of amides is 1. The molecule has 0 saturated heterocycles. The van der Waals surface area contributed by atoms with Crippen molar-refractivity contribution < 1.29 is 24.2 Å². The smallest absolute Gasteiger partial charge is 0.338 e. The number of carbonyl (C=O) groups is 3. The van der Waals surface area contributed by atoms with Gasteiger partial charge < -0.3 is 15.2 Å². The molecule has 0 radical (unpaired) electrons. The standard InChI is InChI=1S/C33H37NO5S/c1-4-5-14-39-32(38)25-12-10-24(11-13-25)23-8-6-22(7-9-23)15-28-20(2)40-21(3)29(28)30(35)34-27-18-33(19-27)16-26(17-33)31(36)37/h6-13,26-27H,4-5,14-19H2,1-3H3,(H,34,35)(H,36,37). The molecule has 2 saturated carbocycles. The Morgan fingerprint density at radius 1 is 0.950 bits per heavy atom. The Morgan fingerprint density at radius 3 is 2.17 bits per heavy atom. The fourth-order valence-electron chi connectivity index (χ4n) is 6.29. The Bertz CT molecular complexity index is 1390. The molecule has 6 nitrogen and oxygen atoms in total. The summed E-state index contributed by atoms with van der Waals surface area (Å²) in [6.45, 7) is 6.59. The van der Waals surface area contributed by atoms with E-state index in [4.69, 9.17) is 4.74 Å². The monoisotopic (exact) mass is 559 g/mol. The molecule has 1 amide bonds. The average molecular weight is 560 g/mol. The predicted octanol–water partition coefficient (Wildman–Crippen LogP) is 6.95. The SMILES string of the molecule is CCCCOC(=O)c1ccc(-c2ccc(Cc3c(C)sc(C)c3C(=O)NC3CC4(C3)CC(C(=O)O)C4)cc2)cc1. The number of aliphatic carboxylic acids is 1. The Labute approximate surface area is 239 Å². The molecule has 210 valence electrons. The summed E-state index contributed by atoms with van der Waals surface area (Å²) in [6.07, 6.45) is 5.76. The highest BCUT2D eigenvalue weighted by atomic mass is 32.1. The van der Waals surface area contributed by atoms with Crippen LogP contribution in [0.5, 0.6) is 0 Å². The number of carboxylic acids is 1. The lowest BCUT2D eigenvalue weighted by Crippen LogP contribution is -2.57. The van der Waals surface area contributed by atoms with Gasteiger partial charge in [0, 0.05) is 15.8 Å². The van der Waals surface area contributed by atoms with Crippen molar-refractivity contribution in [2.45, 2.75) is 71.8 Å². The van der Waals surface area contributed by atoms with Gasteiger partial charge in [0.2, 0.25) is 0 Å². The first-order valence-electron chi connectivity index (χ1n) is 14.2. The van der Waals surface area contributed by atoms with Gasteiger partial charge in [0.25, 0.3) is 5.91 Å². The minimum atomic E-state index is -0.696. The molecule has 2 aliphatic carbocycles. The molecule has 2 aromatic carbocycles. The van der Waals surface area contributed by atoms with E-state index >= 15 is 0 Å². The number of ether oxygens (including phenoxy) is 1. The van der Waals surface area contributed by atoms with Gasteiger partial charge in [-0.1, -0.05) is 49.7 Å². The van der Waals surface area contributed by atoms with Crippen LogP contribution in [0.2, 0.25) is 0 Å². The van der Waals surface area contributed by atoms with Crippen molar-refractivity contribution >= 4 is 29.2 Å². The van der Waals surface area contributed by atoms with Crippen LogP contribution >= 0.6 is 11.3 Å². The van der Waals surface area contributed by atoms with E-state index < -0.39 is 5.97 Å². The molecule has 5 rings (SSSR count). The van der Waals surface area contributed by atoms with Crippen LogP contribution in [0.4, 0.5) is 0 Å². The first-order chi connectivity index (χ1) is 19.2. The van der Waals surface area contributed by atoms with E-state index in [2.05, 4.69) is 43.4 Å². The molecular formula is C33H37NO5S. The second kappa shape index (κ2) is 11.6. The van der Waals surface area contributed by atoms with Crippen molar-refractivity contribution in [3.63, 3.8) is 0 Å². The summed E-state index contributed by atoms with van der Waals surface area (Å²) in [5, 5.41) is 12.4. The Kier molecular flexibility index (Phi) is 8.13. The predicted molar refractivity (Wildman–Crippen MR) is 157 cm³/mol. The summed E-state index contributed by atoms with van der Waals surface area (Å²) in [5.41, 5.74) is 5.76. The van der Waals surface area contributed by atoms with E-state index in [1.54, 1.807) is 23.5 Å². The van der Waals surface area contributed by atoms with Crippen LogP contribution in [0.3, 0.4) is 0 Å². The first kappa shape index (κ1) is 28.1. The zero-order chi connectivity index (χ0) is 28.4. The van der Waals surface area contributed by atoms with Gasteiger partial charge in [0.05, 0.1) is 23.7 Å². The quantitative estimate of drug-likeness (QED) is 0.207. The molecule has 0 unspecified atom stereocenters. The number of nitrogens with one attached hydrogen (secondary N) is 1. The minimum Gasteiger partial charge on any atom is -0.481 e. The van der Waals surface area contributed by atoms with Crippen molar-refractivity contribution in [2.24, 2.45) is 11.3 Å². The molecule has 3 aromatic rings. The summed E-state index contributed by atoms with van der Waals surface area (Å²) in [7, 11) is 0. The normalized spacial score (nSPS) is 21.4. The zero-order valence-electron chi connectivity index (χ0n) is 23.4. The van der Waals surface area contributed by atoms with Crippen molar-refractivity contribution in [3.8, 4) is 11.1 Å². The topological polar surface area (TPSA) is 92.7 Å². The van der Waals surface area contributed by atoms with Crippen molar-refractivity contribution in [3.05, 3.63) is 80.5 Å². The van der Waals surface area contributed by atoms with Gasteiger partial charge in [-0.25, -0.2) is 4.79 Å². The van der Waals surface area contributed by atoms with Gasteiger partial charge in [-0.3, -0.25) is 9.59 Å². The van der Waals surface area contributed by atoms with E-state index in [0.29, 0.717) is 18.6 Å². The van der Waals surface area contributed by atoms with Crippen molar-refractivity contribution in [2.75, 3.05) is 6.61 Å². The fourth-order valence-corrected chi connectivity index (χ4v) is 7.36. The van der Waals surface area contributed by atoms with E-state index in [9.17, 15) is 19.5 Å². The lowest BCUT2D eigenvalue weighted by Gasteiger charge is -2.56. The van der Waals surface area contributed by atoms with E-state index in [-0.39, 0.29) is 29.3 Å². The highest BCUT2D eigenvalue weighted by Crippen LogP contribution is 2.58. The summed E-state index contributed by atoms with van der Waals surface area (Å²) in [6, 6.07) is 16.0.